The van der Waals surface area contributed by atoms with Gasteiger partial charge in [0.15, 0.2) is 0 Å². The van der Waals surface area contributed by atoms with Crippen LogP contribution in [0, 0.1) is 0 Å². The van der Waals surface area contributed by atoms with E-state index < -0.39 is 5.60 Å². The van der Waals surface area contributed by atoms with Crippen molar-refractivity contribution in [2.24, 2.45) is 0 Å². The van der Waals surface area contributed by atoms with Crippen LogP contribution in [0.5, 0.6) is 0 Å². The lowest BCUT2D eigenvalue weighted by Crippen LogP contribution is -2.52. The molecular weight excluding hydrogens is 452 g/mol. The van der Waals surface area contributed by atoms with Crippen LogP contribution in [-0.2, 0) is 15.8 Å². The lowest BCUT2D eigenvalue weighted by Gasteiger charge is -2.42. The van der Waals surface area contributed by atoms with Gasteiger partial charge in [0.2, 0.25) is 6.41 Å². The molecule has 3 aromatic rings. The predicted octanol–water partition coefficient (Wildman–Crippen LogP) is 5.54. The largest absolute Gasteiger partial charge is 0.385 e. The SMILES string of the molecule is CC(CCC(NC=O)N1CCC(O)(c2ccc(Cl)cc2)CC1)(c1ccccc1)c1cccs1. The first-order chi connectivity index (χ1) is 15.9. The summed E-state index contributed by atoms with van der Waals surface area (Å²) in [6, 6.07) is 22.4. The molecule has 1 aromatic heterocycles. The molecule has 4 nitrogen and oxygen atoms in total. The normalized spacial score (nSPS) is 18.9. The Morgan fingerprint density at radius 2 is 1.82 bits per heavy atom. The number of likely N-dealkylation sites (tertiary alicyclic amines) is 1. The number of aliphatic hydroxyl groups is 1. The summed E-state index contributed by atoms with van der Waals surface area (Å²) in [4.78, 5) is 15.1. The molecule has 2 aromatic carbocycles. The highest BCUT2D eigenvalue weighted by atomic mass is 35.5. The highest BCUT2D eigenvalue weighted by molar-refractivity contribution is 7.10. The number of benzene rings is 2. The molecule has 33 heavy (non-hydrogen) atoms. The minimum atomic E-state index is -0.859. The van der Waals surface area contributed by atoms with E-state index in [9.17, 15) is 9.90 Å². The van der Waals surface area contributed by atoms with Crippen molar-refractivity contribution < 1.29 is 9.90 Å². The van der Waals surface area contributed by atoms with Gasteiger partial charge in [0.1, 0.15) is 0 Å². The lowest BCUT2D eigenvalue weighted by molar-refractivity contribution is -0.112. The van der Waals surface area contributed by atoms with Crippen LogP contribution in [0.2, 0.25) is 5.02 Å². The highest BCUT2D eigenvalue weighted by Crippen LogP contribution is 2.40. The molecule has 1 aliphatic heterocycles. The molecule has 0 bridgehead atoms. The van der Waals surface area contributed by atoms with Crippen molar-refractivity contribution in [3.8, 4) is 0 Å². The molecule has 174 valence electrons. The Labute approximate surface area is 205 Å². The molecule has 2 unspecified atom stereocenters. The highest BCUT2D eigenvalue weighted by Gasteiger charge is 2.37. The van der Waals surface area contributed by atoms with Gasteiger partial charge in [0.25, 0.3) is 0 Å². The van der Waals surface area contributed by atoms with Gasteiger partial charge in [-0.25, -0.2) is 0 Å². The van der Waals surface area contributed by atoms with Gasteiger partial charge >= 0.3 is 0 Å². The maximum atomic E-state index is 11.5. The molecule has 6 heteroatoms. The van der Waals surface area contributed by atoms with Crippen molar-refractivity contribution in [3.05, 3.63) is 93.1 Å². The number of nitrogens with zero attached hydrogens (tertiary/aromatic N) is 1. The second-order valence-corrected chi connectivity index (χ2v) is 10.5. The summed E-state index contributed by atoms with van der Waals surface area (Å²) in [5.41, 5.74) is 1.20. The number of rotatable bonds is 9. The second-order valence-electron chi connectivity index (χ2n) is 9.09. The van der Waals surface area contributed by atoms with Crippen LogP contribution in [0.4, 0.5) is 0 Å². The van der Waals surface area contributed by atoms with Gasteiger partial charge in [-0.3, -0.25) is 9.69 Å². The van der Waals surface area contributed by atoms with E-state index in [-0.39, 0.29) is 11.6 Å². The Balaban J connectivity index is 1.47. The van der Waals surface area contributed by atoms with Crippen molar-refractivity contribution >= 4 is 29.3 Å². The Kier molecular flexibility index (Phi) is 7.55. The Hall–Kier alpha value is -2.18. The van der Waals surface area contributed by atoms with Gasteiger partial charge in [-0.2, -0.15) is 0 Å². The summed E-state index contributed by atoms with van der Waals surface area (Å²) in [6.45, 7) is 3.72. The van der Waals surface area contributed by atoms with Gasteiger partial charge in [-0.1, -0.05) is 67.1 Å². The number of hydrogen-bond acceptors (Lipinski definition) is 4. The number of carbonyl (C=O) groups is 1. The van der Waals surface area contributed by atoms with E-state index in [0.717, 1.165) is 24.8 Å². The molecule has 4 rings (SSSR count). The van der Waals surface area contributed by atoms with E-state index in [0.29, 0.717) is 31.0 Å². The average Bonchev–Trinajstić information content (AvgIpc) is 3.39. The van der Waals surface area contributed by atoms with Gasteiger partial charge < -0.3 is 10.4 Å². The van der Waals surface area contributed by atoms with Crippen molar-refractivity contribution in [2.45, 2.75) is 49.8 Å². The van der Waals surface area contributed by atoms with Crippen LogP contribution in [-0.4, -0.2) is 35.7 Å². The summed E-state index contributed by atoms with van der Waals surface area (Å²) in [6.07, 6.45) is 3.69. The third-order valence-corrected chi connectivity index (χ3v) is 8.49. The fourth-order valence-electron chi connectivity index (χ4n) is 4.94. The molecule has 0 spiro atoms. The molecular formula is C27H31ClN2O2S. The van der Waals surface area contributed by atoms with E-state index in [4.69, 9.17) is 11.6 Å². The molecule has 1 amide bonds. The smallest absolute Gasteiger partial charge is 0.208 e. The molecule has 0 radical (unpaired) electrons. The third kappa shape index (κ3) is 5.33. The molecule has 0 aliphatic carbocycles. The number of halogens is 1. The summed E-state index contributed by atoms with van der Waals surface area (Å²) in [5.74, 6) is 0. The minimum absolute atomic E-state index is 0.0692. The Bertz CT molecular complexity index is 1020. The van der Waals surface area contributed by atoms with Crippen LogP contribution in [0.3, 0.4) is 0 Å². The zero-order valence-corrected chi connectivity index (χ0v) is 20.5. The molecule has 1 aliphatic rings. The quantitative estimate of drug-likeness (QED) is 0.393. The first-order valence-electron chi connectivity index (χ1n) is 11.5. The fourth-order valence-corrected chi connectivity index (χ4v) is 6.00. The summed E-state index contributed by atoms with van der Waals surface area (Å²) < 4.78 is 0. The van der Waals surface area contributed by atoms with Crippen LogP contribution < -0.4 is 5.32 Å². The number of thiophene rings is 1. The number of piperidine rings is 1. The summed E-state index contributed by atoms with van der Waals surface area (Å²) in [5, 5.41) is 17.1. The van der Waals surface area contributed by atoms with E-state index >= 15 is 0 Å². The first-order valence-corrected chi connectivity index (χ1v) is 12.7. The van der Waals surface area contributed by atoms with Gasteiger partial charge in [-0.15, -0.1) is 11.3 Å². The van der Waals surface area contributed by atoms with Gasteiger partial charge in [0.05, 0.1) is 11.8 Å². The standard InChI is InChI=1S/C27H31ClN2O2S/c1-26(24-8-5-19-33-24,21-6-3-2-4-7-21)14-13-25(29-20-31)30-17-15-27(32,16-18-30)22-9-11-23(28)12-10-22/h2-12,19-20,25,32H,13-18H2,1H3,(H,29,31). The van der Waals surface area contributed by atoms with Crippen molar-refractivity contribution in [1.82, 2.24) is 10.2 Å². The number of nitrogens with one attached hydrogen (secondary N) is 1. The van der Waals surface area contributed by atoms with Crippen molar-refractivity contribution in [3.63, 3.8) is 0 Å². The topological polar surface area (TPSA) is 52.6 Å². The summed E-state index contributed by atoms with van der Waals surface area (Å²) in [7, 11) is 0. The lowest BCUT2D eigenvalue weighted by atomic mass is 9.76. The maximum absolute atomic E-state index is 11.5. The molecule has 0 saturated carbocycles. The van der Waals surface area contributed by atoms with E-state index in [1.165, 1.54) is 10.4 Å². The van der Waals surface area contributed by atoms with Gasteiger partial charge in [0, 0.05) is 28.4 Å². The monoisotopic (exact) mass is 482 g/mol. The third-order valence-electron chi connectivity index (χ3n) is 7.10. The van der Waals surface area contributed by atoms with E-state index in [2.05, 4.69) is 58.9 Å². The summed E-state index contributed by atoms with van der Waals surface area (Å²) >= 11 is 7.80. The zero-order valence-electron chi connectivity index (χ0n) is 18.9. The Morgan fingerprint density at radius 1 is 1.12 bits per heavy atom. The molecule has 1 saturated heterocycles. The Morgan fingerprint density at radius 3 is 2.42 bits per heavy atom. The van der Waals surface area contributed by atoms with Crippen LogP contribution in [0.1, 0.15) is 48.6 Å². The van der Waals surface area contributed by atoms with Crippen molar-refractivity contribution in [1.29, 1.82) is 0 Å². The minimum Gasteiger partial charge on any atom is -0.385 e. The van der Waals surface area contributed by atoms with Gasteiger partial charge in [-0.05, 0) is 60.4 Å². The zero-order chi connectivity index (χ0) is 23.3. The predicted molar refractivity (Wildman–Crippen MR) is 136 cm³/mol. The van der Waals surface area contributed by atoms with Crippen LogP contribution in [0.15, 0.2) is 72.1 Å². The van der Waals surface area contributed by atoms with Crippen molar-refractivity contribution in [2.75, 3.05) is 13.1 Å². The number of hydrogen-bond donors (Lipinski definition) is 2. The molecule has 2 atom stereocenters. The molecule has 2 heterocycles. The maximum Gasteiger partial charge on any atom is 0.208 e. The molecule has 1 fully saturated rings. The van der Waals surface area contributed by atoms with E-state index in [1.54, 1.807) is 11.3 Å². The average molecular weight is 483 g/mol. The number of carbonyl (C=O) groups excluding carboxylic acids is 1. The van der Waals surface area contributed by atoms with Crippen LogP contribution >= 0.6 is 22.9 Å². The number of amides is 1. The first kappa shape index (κ1) is 24.0. The van der Waals surface area contributed by atoms with E-state index in [1.807, 2.05) is 30.3 Å². The molecule has 2 N–H and O–H groups in total. The second kappa shape index (κ2) is 10.4. The van der Waals surface area contributed by atoms with Crippen LogP contribution in [0.25, 0.3) is 0 Å². The fraction of sp³-hybridized carbons (Fsp3) is 0.370.